The average molecular weight is 263 g/mol. The van der Waals surface area contributed by atoms with E-state index < -0.39 is 0 Å². The van der Waals surface area contributed by atoms with E-state index in [-0.39, 0.29) is 6.04 Å². The van der Waals surface area contributed by atoms with Crippen LogP contribution in [-0.4, -0.2) is 19.8 Å². The summed E-state index contributed by atoms with van der Waals surface area (Å²) in [6.07, 6.45) is 0.297. The van der Waals surface area contributed by atoms with Gasteiger partial charge in [0.1, 0.15) is 0 Å². The zero-order chi connectivity index (χ0) is 14.4. The quantitative estimate of drug-likeness (QED) is 0.798. The first-order valence-corrected chi connectivity index (χ1v) is 7.34. The van der Waals surface area contributed by atoms with Crippen LogP contribution in [0.5, 0.6) is 0 Å². The SMILES string of the molecule is CNC(COC(C)C(C)C)c1ccc(C(C)C)cc1. The van der Waals surface area contributed by atoms with Crippen molar-refractivity contribution in [1.29, 1.82) is 0 Å². The van der Waals surface area contributed by atoms with Crippen molar-refractivity contribution in [2.75, 3.05) is 13.7 Å². The van der Waals surface area contributed by atoms with Gasteiger partial charge in [-0.15, -0.1) is 0 Å². The molecule has 0 bridgehead atoms. The fourth-order valence-corrected chi connectivity index (χ4v) is 1.90. The number of nitrogens with one attached hydrogen (secondary N) is 1. The maximum Gasteiger partial charge on any atom is 0.0665 e. The van der Waals surface area contributed by atoms with Crippen LogP contribution < -0.4 is 5.32 Å². The van der Waals surface area contributed by atoms with Crippen molar-refractivity contribution in [2.45, 2.75) is 52.7 Å². The molecule has 0 radical (unpaired) electrons. The Balaban J connectivity index is 2.64. The third-order valence-electron chi connectivity index (χ3n) is 3.82. The molecule has 0 fully saturated rings. The normalized spacial score (nSPS) is 14.9. The van der Waals surface area contributed by atoms with Gasteiger partial charge in [-0.25, -0.2) is 0 Å². The van der Waals surface area contributed by atoms with Gasteiger partial charge in [-0.2, -0.15) is 0 Å². The first-order chi connectivity index (χ1) is 8.95. The van der Waals surface area contributed by atoms with Gasteiger partial charge in [-0.1, -0.05) is 52.0 Å². The third kappa shape index (κ3) is 4.96. The smallest absolute Gasteiger partial charge is 0.0665 e. The molecule has 2 unspecified atom stereocenters. The topological polar surface area (TPSA) is 21.3 Å². The predicted molar refractivity (Wildman–Crippen MR) is 82.6 cm³/mol. The molecule has 0 heterocycles. The fraction of sp³-hybridized carbons (Fsp3) is 0.647. The van der Waals surface area contributed by atoms with Gasteiger partial charge in [-0.05, 0) is 36.9 Å². The summed E-state index contributed by atoms with van der Waals surface area (Å²) in [6, 6.07) is 9.12. The van der Waals surface area contributed by atoms with Gasteiger partial charge in [0.05, 0.1) is 18.8 Å². The van der Waals surface area contributed by atoms with Gasteiger partial charge < -0.3 is 10.1 Å². The highest BCUT2D eigenvalue weighted by Crippen LogP contribution is 2.19. The molecule has 0 saturated carbocycles. The van der Waals surface area contributed by atoms with Crippen LogP contribution in [0.4, 0.5) is 0 Å². The third-order valence-corrected chi connectivity index (χ3v) is 3.82. The second-order valence-corrected chi connectivity index (χ2v) is 5.95. The molecule has 0 spiro atoms. The van der Waals surface area contributed by atoms with Crippen LogP contribution in [0.15, 0.2) is 24.3 Å². The molecule has 1 rings (SSSR count). The number of likely N-dealkylation sites (N-methyl/N-ethyl adjacent to an activating group) is 1. The van der Waals surface area contributed by atoms with E-state index in [1.54, 1.807) is 0 Å². The van der Waals surface area contributed by atoms with Crippen molar-refractivity contribution in [3.8, 4) is 0 Å². The molecule has 0 saturated heterocycles. The van der Waals surface area contributed by atoms with Gasteiger partial charge in [-0.3, -0.25) is 0 Å². The van der Waals surface area contributed by atoms with Crippen LogP contribution >= 0.6 is 0 Å². The Labute approximate surface area is 118 Å². The first-order valence-electron chi connectivity index (χ1n) is 7.34. The number of hydrogen-bond acceptors (Lipinski definition) is 2. The second kappa shape index (κ2) is 7.66. The molecule has 2 nitrogen and oxygen atoms in total. The number of rotatable bonds is 7. The highest BCUT2D eigenvalue weighted by atomic mass is 16.5. The molecule has 1 N–H and O–H groups in total. The van der Waals surface area contributed by atoms with E-state index in [1.165, 1.54) is 11.1 Å². The van der Waals surface area contributed by atoms with Crippen LogP contribution in [0.25, 0.3) is 0 Å². The number of benzene rings is 1. The van der Waals surface area contributed by atoms with Gasteiger partial charge in [0.25, 0.3) is 0 Å². The molecule has 1 aromatic carbocycles. The lowest BCUT2D eigenvalue weighted by molar-refractivity contribution is 0.0229. The number of hydrogen-bond donors (Lipinski definition) is 1. The summed E-state index contributed by atoms with van der Waals surface area (Å²) in [5.74, 6) is 1.14. The minimum absolute atomic E-state index is 0.266. The standard InChI is InChI=1S/C17H29NO/c1-12(2)14(5)19-11-17(18-6)16-9-7-15(8-10-16)13(3)4/h7-10,12-14,17-18H,11H2,1-6H3. The van der Waals surface area contributed by atoms with E-state index in [0.29, 0.717) is 17.9 Å². The zero-order valence-electron chi connectivity index (χ0n) is 13.2. The van der Waals surface area contributed by atoms with Crippen molar-refractivity contribution < 1.29 is 4.74 Å². The highest BCUT2D eigenvalue weighted by Gasteiger charge is 2.13. The summed E-state index contributed by atoms with van der Waals surface area (Å²) in [6.45, 7) is 11.7. The first kappa shape index (κ1) is 16.2. The highest BCUT2D eigenvalue weighted by molar-refractivity contribution is 5.26. The van der Waals surface area contributed by atoms with Crippen LogP contribution in [0.2, 0.25) is 0 Å². The minimum atomic E-state index is 0.266. The molecule has 0 aromatic heterocycles. The summed E-state index contributed by atoms with van der Waals surface area (Å²) in [5, 5.41) is 3.34. The summed E-state index contributed by atoms with van der Waals surface area (Å²) < 4.78 is 5.93. The van der Waals surface area contributed by atoms with Crippen molar-refractivity contribution in [3.05, 3.63) is 35.4 Å². The van der Waals surface area contributed by atoms with Gasteiger partial charge in [0, 0.05) is 0 Å². The molecule has 2 atom stereocenters. The lowest BCUT2D eigenvalue weighted by atomic mass is 9.99. The van der Waals surface area contributed by atoms with Crippen molar-refractivity contribution >= 4 is 0 Å². The average Bonchev–Trinajstić information content (AvgIpc) is 2.39. The molecular weight excluding hydrogens is 234 g/mol. The van der Waals surface area contributed by atoms with Gasteiger partial charge in [0.15, 0.2) is 0 Å². The van der Waals surface area contributed by atoms with E-state index in [0.717, 1.165) is 6.61 Å². The molecule has 0 aliphatic carbocycles. The molecular formula is C17H29NO. The summed E-state index contributed by atoms with van der Waals surface area (Å²) >= 11 is 0. The second-order valence-electron chi connectivity index (χ2n) is 5.95. The molecule has 19 heavy (non-hydrogen) atoms. The molecule has 108 valence electrons. The largest absolute Gasteiger partial charge is 0.376 e. The van der Waals surface area contributed by atoms with E-state index in [9.17, 15) is 0 Å². The molecule has 0 aliphatic heterocycles. The Morgan fingerprint density at radius 3 is 1.89 bits per heavy atom. The minimum Gasteiger partial charge on any atom is -0.376 e. The van der Waals surface area contributed by atoms with E-state index in [1.807, 2.05) is 7.05 Å². The Bertz CT molecular complexity index is 356. The Morgan fingerprint density at radius 2 is 1.47 bits per heavy atom. The lowest BCUT2D eigenvalue weighted by Crippen LogP contribution is -2.26. The van der Waals surface area contributed by atoms with E-state index >= 15 is 0 Å². The monoisotopic (exact) mass is 263 g/mol. The van der Waals surface area contributed by atoms with E-state index in [4.69, 9.17) is 4.74 Å². The molecule has 1 aromatic rings. The van der Waals surface area contributed by atoms with Crippen molar-refractivity contribution in [1.82, 2.24) is 5.32 Å². The summed E-state index contributed by atoms with van der Waals surface area (Å²) in [5.41, 5.74) is 2.68. The maximum atomic E-state index is 5.93. The Hall–Kier alpha value is -0.860. The van der Waals surface area contributed by atoms with E-state index in [2.05, 4.69) is 64.2 Å². The zero-order valence-corrected chi connectivity index (χ0v) is 13.2. The molecule has 2 heteroatoms. The number of ether oxygens (including phenoxy) is 1. The maximum absolute atomic E-state index is 5.93. The van der Waals surface area contributed by atoms with Crippen molar-refractivity contribution in [3.63, 3.8) is 0 Å². The summed E-state index contributed by atoms with van der Waals surface area (Å²) in [4.78, 5) is 0. The molecule has 0 aliphatic rings. The van der Waals surface area contributed by atoms with Crippen LogP contribution in [-0.2, 0) is 4.74 Å². The molecule has 0 amide bonds. The Morgan fingerprint density at radius 1 is 0.947 bits per heavy atom. The van der Waals surface area contributed by atoms with Crippen LogP contribution in [0, 0.1) is 5.92 Å². The predicted octanol–water partition coefficient (Wildman–Crippen LogP) is 4.13. The lowest BCUT2D eigenvalue weighted by Gasteiger charge is -2.22. The van der Waals surface area contributed by atoms with Crippen molar-refractivity contribution in [2.24, 2.45) is 5.92 Å². The van der Waals surface area contributed by atoms with Gasteiger partial charge >= 0.3 is 0 Å². The fourth-order valence-electron chi connectivity index (χ4n) is 1.90. The summed E-state index contributed by atoms with van der Waals surface area (Å²) in [7, 11) is 1.99. The van der Waals surface area contributed by atoms with Gasteiger partial charge in [0.2, 0.25) is 0 Å². The van der Waals surface area contributed by atoms with Crippen LogP contribution in [0.1, 0.15) is 57.7 Å². The Kier molecular flexibility index (Phi) is 6.53. The van der Waals surface area contributed by atoms with Crippen LogP contribution in [0.3, 0.4) is 0 Å².